The molecule has 1 aromatic heterocycles. The molecule has 0 radical (unpaired) electrons. The summed E-state index contributed by atoms with van der Waals surface area (Å²) < 4.78 is 0.975. The summed E-state index contributed by atoms with van der Waals surface area (Å²) in [5, 5.41) is 10.3. The molecule has 3 nitrogen and oxygen atoms in total. The molecule has 0 unspecified atom stereocenters. The van der Waals surface area contributed by atoms with Crippen LogP contribution in [0.15, 0.2) is 65.6 Å². The second kappa shape index (κ2) is 4.04. The maximum Gasteiger partial charge on any atom is 0.189 e. The van der Waals surface area contributed by atoms with Crippen LogP contribution in [0.2, 0.25) is 0 Å². The van der Waals surface area contributed by atoms with Crippen LogP contribution >= 0.6 is 0 Å². The van der Waals surface area contributed by atoms with E-state index in [1.807, 2.05) is 42.5 Å². The fraction of sp³-hybridized carbons (Fsp3) is 0. The quantitative estimate of drug-likeness (QED) is 0.661. The number of rotatable bonds is 1. The lowest BCUT2D eigenvalue weighted by atomic mass is 10.0. The van der Waals surface area contributed by atoms with E-state index in [9.17, 15) is 10.0 Å². The molecule has 3 heteroatoms. The molecular weight excluding hydrogens is 226 g/mol. The molecule has 0 saturated carbocycles. The monoisotopic (exact) mass is 237 g/mol. The zero-order valence-electron chi connectivity index (χ0n) is 9.58. The van der Waals surface area contributed by atoms with E-state index >= 15 is 0 Å². The highest BCUT2D eigenvalue weighted by atomic mass is 16.5. The normalized spacial score (nSPS) is 10.7. The third-order valence-corrected chi connectivity index (χ3v) is 2.98. The van der Waals surface area contributed by atoms with Crippen molar-refractivity contribution in [3.05, 3.63) is 71.0 Å². The molecule has 3 rings (SSSR count). The van der Waals surface area contributed by atoms with Crippen LogP contribution in [-0.2, 0) is 0 Å². The summed E-state index contributed by atoms with van der Waals surface area (Å²) in [5.74, 6) is 0. The highest BCUT2D eigenvalue weighted by molar-refractivity contribution is 5.84. The molecule has 0 amide bonds. The van der Waals surface area contributed by atoms with E-state index in [0.717, 1.165) is 15.9 Å². The number of nitrogens with zero attached hydrogens (tertiary/aromatic N) is 1. The van der Waals surface area contributed by atoms with Crippen LogP contribution in [0.25, 0.3) is 22.0 Å². The Kier molecular flexibility index (Phi) is 2.38. The molecule has 88 valence electrons. The van der Waals surface area contributed by atoms with Gasteiger partial charge in [0.15, 0.2) is 5.43 Å². The molecule has 1 N–H and O–H groups in total. The first-order valence-electron chi connectivity index (χ1n) is 5.66. The molecule has 0 aliphatic heterocycles. The van der Waals surface area contributed by atoms with Crippen molar-refractivity contribution < 1.29 is 5.21 Å². The van der Waals surface area contributed by atoms with Crippen molar-refractivity contribution in [3.8, 4) is 11.1 Å². The van der Waals surface area contributed by atoms with E-state index < -0.39 is 0 Å². The van der Waals surface area contributed by atoms with Crippen LogP contribution in [0.3, 0.4) is 0 Å². The Labute approximate surface area is 104 Å². The van der Waals surface area contributed by atoms with Gasteiger partial charge in [0.2, 0.25) is 0 Å². The summed E-state index contributed by atoms with van der Waals surface area (Å²) in [6.45, 7) is 0. The van der Waals surface area contributed by atoms with Gasteiger partial charge >= 0.3 is 0 Å². The first kappa shape index (κ1) is 10.6. The van der Waals surface area contributed by atoms with Gasteiger partial charge in [0.25, 0.3) is 0 Å². The first-order valence-corrected chi connectivity index (χ1v) is 5.66. The lowest BCUT2D eigenvalue weighted by Crippen LogP contribution is -2.05. The van der Waals surface area contributed by atoms with E-state index in [0.29, 0.717) is 10.9 Å². The number of hydrogen-bond donors (Lipinski definition) is 1. The molecular formula is C15H11NO2. The minimum Gasteiger partial charge on any atom is -0.428 e. The van der Waals surface area contributed by atoms with Crippen LogP contribution in [-0.4, -0.2) is 9.94 Å². The Balaban J connectivity index is 2.30. The van der Waals surface area contributed by atoms with Crippen molar-refractivity contribution in [1.29, 1.82) is 0 Å². The largest absolute Gasteiger partial charge is 0.428 e. The Morgan fingerprint density at radius 3 is 2.44 bits per heavy atom. The van der Waals surface area contributed by atoms with Gasteiger partial charge in [-0.05, 0) is 23.3 Å². The van der Waals surface area contributed by atoms with E-state index in [1.54, 1.807) is 6.07 Å². The minimum absolute atomic E-state index is 0.0880. The molecule has 0 saturated heterocycles. The Morgan fingerprint density at radius 2 is 1.67 bits per heavy atom. The van der Waals surface area contributed by atoms with Gasteiger partial charge in [0, 0.05) is 17.6 Å². The number of pyridine rings is 1. The van der Waals surface area contributed by atoms with E-state index in [1.165, 1.54) is 12.3 Å². The van der Waals surface area contributed by atoms with Crippen molar-refractivity contribution >= 4 is 10.9 Å². The minimum atomic E-state index is -0.0880. The third kappa shape index (κ3) is 1.66. The summed E-state index contributed by atoms with van der Waals surface area (Å²) in [5.41, 5.74) is 2.45. The van der Waals surface area contributed by atoms with Gasteiger partial charge in [0.1, 0.15) is 0 Å². The van der Waals surface area contributed by atoms with Gasteiger partial charge in [-0.25, -0.2) is 0 Å². The predicted molar refractivity (Wildman–Crippen MR) is 70.8 cm³/mol. The maximum atomic E-state index is 11.7. The highest BCUT2D eigenvalue weighted by Gasteiger charge is 2.04. The summed E-state index contributed by atoms with van der Waals surface area (Å²) in [6.07, 6.45) is 1.36. The first-order chi connectivity index (χ1) is 8.75. The van der Waals surface area contributed by atoms with Gasteiger partial charge < -0.3 is 5.21 Å². The van der Waals surface area contributed by atoms with E-state index in [-0.39, 0.29) is 5.43 Å². The number of hydrogen-bond acceptors (Lipinski definition) is 2. The smallest absolute Gasteiger partial charge is 0.189 e. The van der Waals surface area contributed by atoms with Gasteiger partial charge in [-0.3, -0.25) is 4.79 Å². The SMILES string of the molecule is O=c1ccn(O)c2cc(-c3ccccc3)ccc12. The fourth-order valence-corrected chi connectivity index (χ4v) is 2.05. The summed E-state index contributed by atoms with van der Waals surface area (Å²) >= 11 is 0. The lowest BCUT2D eigenvalue weighted by molar-refractivity contribution is 0.198. The van der Waals surface area contributed by atoms with Crippen molar-refractivity contribution in [3.63, 3.8) is 0 Å². The van der Waals surface area contributed by atoms with Gasteiger partial charge in [-0.1, -0.05) is 36.4 Å². The molecule has 0 fully saturated rings. The molecule has 1 heterocycles. The molecule has 0 bridgehead atoms. The van der Waals surface area contributed by atoms with E-state index in [4.69, 9.17) is 0 Å². The summed E-state index contributed by atoms with van der Waals surface area (Å²) in [6, 6.07) is 16.6. The predicted octanol–water partition coefficient (Wildman–Crippen LogP) is 2.91. The zero-order chi connectivity index (χ0) is 12.5. The average Bonchev–Trinajstić information content (AvgIpc) is 2.44. The van der Waals surface area contributed by atoms with Crippen molar-refractivity contribution in [2.75, 3.05) is 0 Å². The standard InChI is InChI=1S/C15H11NO2/c17-15-8-9-16(18)14-10-12(6-7-13(14)15)11-4-2-1-3-5-11/h1-10,18H. The Hall–Kier alpha value is -2.55. The van der Waals surface area contributed by atoms with Crippen LogP contribution in [0.1, 0.15) is 0 Å². The Morgan fingerprint density at radius 1 is 0.889 bits per heavy atom. The molecule has 0 aliphatic carbocycles. The van der Waals surface area contributed by atoms with Gasteiger partial charge in [-0.2, -0.15) is 4.73 Å². The summed E-state index contributed by atoms with van der Waals surface area (Å²) in [4.78, 5) is 11.7. The van der Waals surface area contributed by atoms with Crippen molar-refractivity contribution in [1.82, 2.24) is 4.73 Å². The van der Waals surface area contributed by atoms with Crippen LogP contribution in [0.5, 0.6) is 0 Å². The molecule has 2 aromatic carbocycles. The van der Waals surface area contributed by atoms with Crippen molar-refractivity contribution in [2.24, 2.45) is 0 Å². The second-order valence-corrected chi connectivity index (χ2v) is 4.12. The number of benzene rings is 2. The topological polar surface area (TPSA) is 42.2 Å². The second-order valence-electron chi connectivity index (χ2n) is 4.12. The number of aromatic nitrogens is 1. The fourth-order valence-electron chi connectivity index (χ4n) is 2.05. The molecule has 3 aromatic rings. The molecule has 0 aliphatic rings. The van der Waals surface area contributed by atoms with Crippen molar-refractivity contribution in [2.45, 2.75) is 0 Å². The van der Waals surface area contributed by atoms with Crippen LogP contribution < -0.4 is 5.43 Å². The Bertz CT molecular complexity index is 760. The summed E-state index contributed by atoms with van der Waals surface area (Å²) in [7, 11) is 0. The molecule has 18 heavy (non-hydrogen) atoms. The highest BCUT2D eigenvalue weighted by Crippen LogP contribution is 2.22. The molecule has 0 atom stereocenters. The zero-order valence-corrected chi connectivity index (χ0v) is 9.58. The van der Waals surface area contributed by atoms with Crippen LogP contribution in [0, 0.1) is 0 Å². The van der Waals surface area contributed by atoms with Gasteiger partial charge in [0.05, 0.1) is 5.52 Å². The van der Waals surface area contributed by atoms with Gasteiger partial charge in [-0.15, -0.1) is 0 Å². The van der Waals surface area contributed by atoms with Crippen LogP contribution in [0.4, 0.5) is 0 Å². The third-order valence-electron chi connectivity index (χ3n) is 2.98. The molecule has 0 spiro atoms. The lowest BCUT2D eigenvalue weighted by Gasteiger charge is -2.06. The number of fused-ring (bicyclic) bond motifs is 1. The average molecular weight is 237 g/mol. The van der Waals surface area contributed by atoms with E-state index in [2.05, 4.69) is 0 Å². The maximum absolute atomic E-state index is 11.7.